The number of para-hydroxylation sites is 1. The molecule has 1 aliphatic heterocycles. The molecular weight excluding hydrogens is 326 g/mol. The third-order valence-corrected chi connectivity index (χ3v) is 4.80. The first-order chi connectivity index (χ1) is 12.8. The third kappa shape index (κ3) is 2.46. The molecule has 6 heteroatoms. The van der Waals surface area contributed by atoms with Gasteiger partial charge in [0.15, 0.2) is 5.76 Å². The number of hydrogen-bond donors (Lipinski definition) is 2. The number of nitrogens with zero attached hydrogens (tertiary/aromatic N) is 3. The number of imidazole rings is 1. The fraction of sp³-hybridized carbons (Fsp3) is 0.200. The molecule has 130 valence electrons. The number of nitrogens with one attached hydrogen (secondary N) is 2. The minimum absolute atomic E-state index is 0.0112. The Bertz CT molecular complexity index is 1040. The molecule has 0 saturated heterocycles. The predicted molar refractivity (Wildman–Crippen MR) is 98.1 cm³/mol. The summed E-state index contributed by atoms with van der Waals surface area (Å²) in [7, 11) is 0. The SMILES string of the molecule is Cc1ccc(-c2nn(-c3ccccc3)cc2[C@@H]2NCCc3[nH]cnc32)o1. The monoisotopic (exact) mass is 345 g/mol. The molecule has 0 saturated carbocycles. The van der Waals surface area contributed by atoms with Gasteiger partial charge >= 0.3 is 0 Å². The van der Waals surface area contributed by atoms with Crippen LogP contribution in [0.15, 0.2) is 59.4 Å². The molecule has 2 N–H and O–H groups in total. The van der Waals surface area contributed by atoms with Crippen molar-refractivity contribution < 1.29 is 4.42 Å². The Morgan fingerprint density at radius 1 is 1.15 bits per heavy atom. The van der Waals surface area contributed by atoms with Crippen LogP contribution in [-0.4, -0.2) is 26.3 Å². The van der Waals surface area contributed by atoms with E-state index in [0.717, 1.165) is 47.1 Å². The van der Waals surface area contributed by atoms with E-state index >= 15 is 0 Å². The third-order valence-electron chi connectivity index (χ3n) is 4.80. The molecular formula is C20H19N5O. The van der Waals surface area contributed by atoms with Crippen molar-refractivity contribution in [3.05, 3.63) is 77.7 Å². The summed E-state index contributed by atoms with van der Waals surface area (Å²) in [5.74, 6) is 1.65. The first-order valence-corrected chi connectivity index (χ1v) is 8.77. The summed E-state index contributed by atoms with van der Waals surface area (Å²) in [4.78, 5) is 7.81. The van der Waals surface area contributed by atoms with Crippen LogP contribution in [0, 0.1) is 6.92 Å². The van der Waals surface area contributed by atoms with E-state index in [4.69, 9.17) is 9.52 Å². The molecule has 0 radical (unpaired) electrons. The largest absolute Gasteiger partial charge is 0.460 e. The van der Waals surface area contributed by atoms with Crippen molar-refractivity contribution in [2.45, 2.75) is 19.4 Å². The van der Waals surface area contributed by atoms with Gasteiger partial charge in [0.05, 0.1) is 23.8 Å². The van der Waals surface area contributed by atoms with Crippen molar-refractivity contribution in [2.75, 3.05) is 6.54 Å². The second-order valence-corrected chi connectivity index (χ2v) is 6.53. The number of aryl methyl sites for hydroxylation is 1. The van der Waals surface area contributed by atoms with Crippen molar-refractivity contribution in [3.8, 4) is 17.1 Å². The van der Waals surface area contributed by atoms with Crippen LogP contribution in [0.4, 0.5) is 0 Å². The molecule has 4 aromatic rings. The highest BCUT2D eigenvalue weighted by Gasteiger charge is 2.29. The van der Waals surface area contributed by atoms with E-state index in [0.29, 0.717) is 0 Å². The van der Waals surface area contributed by atoms with Crippen LogP contribution in [0.1, 0.15) is 28.8 Å². The van der Waals surface area contributed by atoms with Gasteiger partial charge in [0.1, 0.15) is 11.5 Å². The molecule has 0 fully saturated rings. The summed E-state index contributed by atoms with van der Waals surface area (Å²) < 4.78 is 7.80. The zero-order chi connectivity index (χ0) is 17.5. The van der Waals surface area contributed by atoms with Crippen LogP contribution in [0.2, 0.25) is 0 Å². The topological polar surface area (TPSA) is 71.7 Å². The van der Waals surface area contributed by atoms with Crippen LogP contribution in [0.25, 0.3) is 17.1 Å². The van der Waals surface area contributed by atoms with Gasteiger partial charge in [0, 0.05) is 30.4 Å². The number of aromatic nitrogens is 4. The Balaban J connectivity index is 1.68. The lowest BCUT2D eigenvalue weighted by Crippen LogP contribution is -2.30. The molecule has 0 aliphatic carbocycles. The first kappa shape index (κ1) is 15.2. The van der Waals surface area contributed by atoms with Gasteiger partial charge in [-0.25, -0.2) is 9.67 Å². The average Bonchev–Trinajstić information content (AvgIpc) is 3.40. The van der Waals surface area contributed by atoms with Crippen molar-refractivity contribution in [2.24, 2.45) is 0 Å². The van der Waals surface area contributed by atoms with Crippen molar-refractivity contribution in [1.82, 2.24) is 25.1 Å². The summed E-state index contributed by atoms with van der Waals surface area (Å²) in [5, 5.41) is 8.42. The Morgan fingerprint density at radius 3 is 2.85 bits per heavy atom. The van der Waals surface area contributed by atoms with Gasteiger partial charge in [-0.2, -0.15) is 5.10 Å². The van der Waals surface area contributed by atoms with E-state index in [2.05, 4.69) is 21.5 Å². The van der Waals surface area contributed by atoms with E-state index in [1.807, 2.05) is 54.1 Å². The summed E-state index contributed by atoms with van der Waals surface area (Å²) in [5.41, 5.74) is 5.14. The smallest absolute Gasteiger partial charge is 0.154 e. The molecule has 5 rings (SSSR count). The maximum atomic E-state index is 5.89. The first-order valence-electron chi connectivity index (χ1n) is 8.77. The molecule has 3 aromatic heterocycles. The molecule has 0 amide bonds. The van der Waals surface area contributed by atoms with Crippen LogP contribution in [-0.2, 0) is 6.42 Å². The minimum atomic E-state index is -0.0112. The number of rotatable bonds is 3. The zero-order valence-corrected chi connectivity index (χ0v) is 14.4. The van der Waals surface area contributed by atoms with Crippen molar-refractivity contribution in [1.29, 1.82) is 0 Å². The predicted octanol–water partition coefficient (Wildman–Crippen LogP) is 3.40. The molecule has 0 spiro atoms. The fourth-order valence-electron chi connectivity index (χ4n) is 3.54. The van der Waals surface area contributed by atoms with Crippen molar-refractivity contribution in [3.63, 3.8) is 0 Å². The van der Waals surface area contributed by atoms with Gasteiger partial charge < -0.3 is 14.7 Å². The summed E-state index contributed by atoms with van der Waals surface area (Å²) >= 11 is 0. The summed E-state index contributed by atoms with van der Waals surface area (Å²) in [6.07, 6.45) is 4.79. The highest BCUT2D eigenvalue weighted by Crippen LogP contribution is 2.34. The van der Waals surface area contributed by atoms with Gasteiger partial charge in [0.25, 0.3) is 0 Å². The van der Waals surface area contributed by atoms with E-state index in [1.54, 1.807) is 6.33 Å². The van der Waals surface area contributed by atoms with Crippen LogP contribution < -0.4 is 5.32 Å². The van der Waals surface area contributed by atoms with Gasteiger partial charge in [-0.15, -0.1) is 0 Å². The lowest BCUT2D eigenvalue weighted by molar-refractivity contribution is 0.536. The number of benzene rings is 1. The molecule has 1 atom stereocenters. The molecule has 1 aliphatic rings. The van der Waals surface area contributed by atoms with Crippen LogP contribution in [0.5, 0.6) is 0 Å². The summed E-state index contributed by atoms with van der Waals surface area (Å²) in [6, 6.07) is 14.0. The lowest BCUT2D eigenvalue weighted by Gasteiger charge is -2.22. The highest BCUT2D eigenvalue weighted by molar-refractivity contribution is 5.60. The van der Waals surface area contributed by atoms with E-state index < -0.39 is 0 Å². The number of hydrogen-bond acceptors (Lipinski definition) is 4. The molecule has 6 nitrogen and oxygen atoms in total. The normalized spacial score (nSPS) is 16.6. The number of fused-ring (bicyclic) bond motifs is 1. The number of aromatic amines is 1. The zero-order valence-electron chi connectivity index (χ0n) is 14.4. The average molecular weight is 345 g/mol. The quantitative estimate of drug-likeness (QED) is 0.597. The number of H-pyrrole nitrogens is 1. The molecule has 0 bridgehead atoms. The van der Waals surface area contributed by atoms with Crippen LogP contribution in [0.3, 0.4) is 0 Å². The lowest BCUT2D eigenvalue weighted by atomic mass is 9.98. The van der Waals surface area contributed by atoms with Crippen LogP contribution >= 0.6 is 0 Å². The van der Waals surface area contributed by atoms with E-state index in [1.165, 1.54) is 5.69 Å². The Kier molecular flexibility index (Phi) is 3.50. The van der Waals surface area contributed by atoms with Gasteiger partial charge in [-0.1, -0.05) is 18.2 Å². The maximum Gasteiger partial charge on any atom is 0.154 e. The Labute approximate surface area is 150 Å². The molecule has 26 heavy (non-hydrogen) atoms. The summed E-state index contributed by atoms with van der Waals surface area (Å²) in [6.45, 7) is 2.84. The molecule has 1 aromatic carbocycles. The fourth-order valence-corrected chi connectivity index (χ4v) is 3.54. The second kappa shape index (κ2) is 6.00. The Morgan fingerprint density at radius 2 is 2.04 bits per heavy atom. The van der Waals surface area contributed by atoms with Gasteiger partial charge in [0.2, 0.25) is 0 Å². The van der Waals surface area contributed by atoms with E-state index in [9.17, 15) is 0 Å². The number of furan rings is 1. The maximum absolute atomic E-state index is 5.89. The Hall–Kier alpha value is -3.12. The molecule has 0 unspecified atom stereocenters. The van der Waals surface area contributed by atoms with E-state index in [-0.39, 0.29) is 6.04 Å². The van der Waals surface area contributed by atoms with Gasteiger partial charge in [-0.3, -0.25) is 0 Å². The minimum Gasteiger partial charge on any atom is -0.460 e. The van der Waals surface area contributed by atoms with Crippen molar-refractivity contribution >= 4 is 0 Å². The standard InChI is InChI=1S/C20H19N5O/c1-13-7-8-17(26-13)18-15(11-25(24-18)14-5-3-2-4-6-14)19-20-16(9-10-21-19)22-12-23-20/h2-8,11-12,19,21H,9-10H2,1H3,(H,22,23)/t19-/m0/s1. The second-order valence-electron chi connectivity index (χ2n) is 6.53. The van der Waals surface area contributed by atoms with Gasteiger partial charge in [-0.05, 0) is 31.2 Å². The highest BCUT2D eigenvalue weighted by atomic mass is 16.3. The molecule has 4 heterocycles.